The molecule has 0 aliphatic carbocycles. The van der Waals surface area contributed by atoms with Crippen molar-refractivity contribution in [1.29, 1.82) is 0 Å². The van der Waals surface area contributed by atoms with Gasteiger partial charge in [-0.15, -0.1) is 0 Å². The number of phenols is 1. The Bertz CT molecular complexity index is 874. The summed E-state index contributed by atoms with van der Waals surface area (Å²) in [5.74, 6) is -0.0993. The highest BCUT2D eigenvalue weighted by Gasteiger charge is 2.52. The number of hydrogen-bond acceptors (Lipinski definition) is 4. The first kappa shape index (κ1) is 12.2. The molecule has 5 nitrogen and oxygen atoms in total. The van der Waals surface area contributed by atoms with Gasteiger partial charge in [0.1, 0.15) is 17.4 Å². The Morgan fingerprint density at radius 3 is 2.86 bits per heavy atom. The fourth-order valence-corrected chi connectivity index (χ4v) is 3.43. The van der Waals surface area contributed by atoms with Gasteiger partial charge in [-0.25, -0.2) is 4.98 Å². The van der Waals surface area contributed by atoms with Gasteiger partial charge >= 0.3 is 0 Å². The molecule has 0 amide bonds. The topological polar surface area (TPSA) is 56.5 Å². The number of nitrogens with zero attached hydrogens (tertiary/aromatic N) is 2. The Morgan fingerprint density at radius 2 is 2.00 bits per heavy atom. The Kier molecular flexibility index (Phi) is 2.27. The number of aromatic hydroxyl groups is 1. The van der Waals surface area contributed by atoms with Crippen LogP contribution < -0.4 is 0 Å². The lowest BCUT2D eigenvalue weighted by Crippen LogP contribution is -2.38. The molecular weight excluding hydrogens is 280 g/mol. The second-order valence-corrected chi connectivity index (χ2v) is 5.72. The molecule has 0 unspecified atom stereocenters. The third-order valence-corrected chi connectivity index (χ3v) is 4.40. The van der Waals surface area contributed by atoms with Gasteiger partial charge < -0.3 is 19.1 Å². The van der Waals surface area contributed by atoms with Crippen LogP contribution in [0.1, 0.15) is 11.4 Å². The lowest BCUT2D eigenvalue weighted by Gasteiger charge is -2.32. The standard InChI is InChI=1S/C17H14N2O3/c20-14-8-4-7-13-15(14)18-16-17(11-5-2-1-3-6-11)21-10-12(22-17)9-19(13)16/h1-8,12,20H,9-10H2/t12-,17+/m0/s1. The lowest BCUT2D eigenvalue weighted by atomic mass is 10.0. The number of phenolic OH excluding ortho intramolecular Hbond substituents is 1. The first-order valence-corrected chi connectivity index (χ1v) is 7.34. The van der Waals surface area contributed by atoms with Crippen molar-refractivity contribution < 1.29 is 14.6 Å². The van der Waals surface area contributed by atoms with Gasteiger partial charge in [0.15, 0.2) is 5.82 Å². The van der Waals surface area contributed by atoms with Gasteiger partial charge in [-0.05, 0) is 12.1 Å². The van der Waals surface area contributed by atoms with E-state index in [1.54, 1.807) is 6.07 Å². The molecule has 2 aliphatic heterocycles. The van der Waals surface area contributed by atoms with Crippen LogP contribution in [0.25, 0.3) is 11.0 Å². The molecule has 5 rings (SSSR count). The molecule has 22 heavy (non-hydrogen) atoms. The van der Waals surface area contributed by atoms with Crippen LogP contribution >= 0.6 is 0 Å². The monoisotopic (exact) mass is 294 g/mol. The Morgan fingerprint density at radius 1 is 1.14 bits per heavy atom. The van der Waals surface area contributed by atoms with Crippen LogP contribution in [0.3, 0.4) is 0 Å². The van der Waals surface area contributed by atoms with E-state index in [1.165, 1.54) is 0 Å². The molecule has 3 heterocycles. The second-order valence-electron chi connectivity index (χ2n) is 5.72. The van der Waals surface area contributed by atoms with Crippen LogP contribution in [0, 0.1) is 0 Å². The summed E-state index contributed by atoms with van der Waals surface area (Å²) in [6.45, 7) is 1.22. The molecule has 2 aliphatic rings. The number of fused-ring (bicyclic) bond motifs is 6. The summed E-state index contributed by atoms with van der Waals surface area (Å²) in [6.07, 6.45) is -0.00699. The molecule has 1 N–H and O–H groups in total. The van der Waals surface area contributed by atoms with E-state index in [0.717, 1.165) is 11.1 Å². The third kappa shape index (κ3) is 1.42. The van der Waals surface area contributed by atoms with Crippen molar-refractivity contribution in [2.75, 3.05) is 6.61 Å². The van der Waals surface area contributed by atoms with Gasteiger partial charge in [-0.1, -0.05) is 36.4 Å². The smallest absolute Gasteiger partial charge is 0.256 e. The summed E-state index contributed by atoms with van der Waals surface area (Å²) in [5, 5.41) is 10.1. The number of aromatic nitrogens is 2. The minimum atomic E-state index is -0.977. The predicted octanol–water partition coefficient (Wildman–Crippen LogP) is 2.37. The Hall–Kier alpha value is -2.37. The number of imidazole rings is 1. The van der Waals surface area contributed by atoms with E-state index in [-0.39, 0.29) is 11.9 Å². The van der Waals surface area contributed by atoms with Crippen LogP contribution in [-0.4, -0.2) is 27.4 Å². The minimum Gasteiger partial charge on any atom is -0.506 e. The lowest BCUT2D eigenvalue weighted by molar-refractivity contribution is -0.162. The zero-order chi connectivity index (χ0) is 14.7. The van der Waals surface area contributed by atoms with Crippen LogP contribution in [0.4, 0.5) is 0 Å². The molecule has 110 valence electrons. The summed E-state index contributed by atoms with van der Waals surface area (Å²) >= 11 is 0. The van der Waals surface area contributed by atoms with Crippen molar-refractivity contribution in [3.05, 3.63) is 59.9 Å². The predicted molar refractivity (Wildman–Crippen MR) is 79.4 cm³/mol. The average molecular weight is 294 g/mol. The zero-order valence-electron chi connectivity index (χ0n) is 11.8. The Balaban J connectivity index is 1.83. The normalized spacial score (nSPS) is 26.3. The van der Waals surface area contributed by atoms with E-state index >= 15 is 0 Å². The highest BCUT2D eigenvalue weighted by atomic mass is 16.7. The largest absolute Gasteiger partial charge is 0.506 e. The van der Waals surface area contributed by atoms with Gasteiger partial charge in [0, 0.05) is 5.56 Å². The van der Waals surface area contributed by atoms with Crippen LogP contribution in [-0.2, 0) is 21.8 Å². The van der Waals surface area contributed by atoms with Crippen LogP contribution in [0.5, 0.6) is 5.75 Å². The summed E-state index contributed by atoms with van der Waals surface area (Å²) in [6, 6.07) is 15.3. The summed E-state index contributed by atoms with van der Waals surface area (Å²) in [7, 11) is 0. The van der Waals surface area contributed by atoms with E-state index in [0.29, 0.717) is 24.5 Å². The zero-order valence-corrected chi connectivity index (χ0v) is 11.8. The molecule has 5 heteroatoms. The van der Waals surface area contributed by atoms with Crippen LogP contribution in [0.2, 0.25) is 0 Å². The fourth-order valence-electron chi connectivity index (χ4n) is 3.43. The van der Waals surface area contributed by atoms with Crippen molar-refractivity contribution in [2.45, 2.75) is 18.4 Å². The number of para-hydroxylation sites is 1. The maximum atomic E-state index is 10.1. The van der Waals surface area contributed by atoms with Crippen molar-refractivity contribution in [3.63, 3.8) is 0 Å². The number of hydrogen-bond donors (Lipinski definition) is 1. The molecule has 0 saturated carbocycles. The molecule has 0 spiro atoms. The molecule has 1 aromatic heterocycles. The van der Waals surface area contributed by atoms with Crippen molar-refractivity contribution in [2.24, 2.45) is 0 Å². The third-order valence-electron chi connectivity index (χ3n) is 4.40. The van der Waals surface area contributed by atoms with Gasteiger partial charge in [-0.3, -0.25) is 0 Å². The molecule has 1 fully saturated rings. The van der Waals surface area contributed by atoms with Gasteiger partial charge in [-0.2, -0.15) is 0 Å². The van der Waals surface area contributed by atoms with E-state index in [1.807, 2.05) is 42.5 Å². The average Bonchev–Trinajstić information content (AvgIpc) is 3.11. The van der Waals surface area contributed by atoms with E-state index < -0.39 is 5.79 Å². The number of benzene rings is 2. The summed E-state index contributed by atoms with van der Waals surface area (Å²) in [5.41, 5.74) is 2.43. The molecule has 0 radical (unpaired) electrons. The van der Waals surface area contributed by atoms with Gasteiger partial charge in [0.05, 0.1) is 18.7 Å². The van der Waals surface area contributed by atoms with E-state index in [2.05, 4.69) is 9.55 Å². The number of ether oxygens (including phenoxy) is 2. The SMILES string of the molecule is Oc1cccc2c1nc1n2C[C@H]2CO[C@]1(c1ccccc1)O2. The summed E-state index contributed by atoms with van der Waals surface area (Å²) < 4.78 is 14.3. The van der Waals surface area contributed by atoms with Crippen molar-refractivity contribution in [3.8, 4) is 5.75 Å². The first-order valence-electron chi connectivity index (χ1n) is 7.34. The van der Waals surface area contributed by atoms with Gasteiger partial charge in [0.25, 0.3) is 5.79 Å². The molecule has 2 atom stereocenters. The number of rotatable bonds is 1. The maximum absolute atomic E-state index is 10.1. The first-order chi connectivity index (χ1) is 10.8. The maximum Gasteiger partial charge on any atom is 0.256 e. The molecule has 2 aromatic carbocycles. The van der Waals surface area contributed by atoms with E-state index in [9.17, 15) is 5.11 Å². The van der Waals surface area contributed by atoms with E-state index in [4.69, 9.17) is 9.47 Å². The quantitative estimate of drug-likeness (QED) is 0.748. The van der Waals surface area contributed by atoms with Crippen molar-refractivity contribution >= 4 is 11.0 Å². The van der Waals surface area contributed by atoms with Crippen LogP contribution in [0.15, 0.2) is 48.5 Å². The Labute approximate surface area is 126 Å². The second kappa shape index (κ2) is 4.09. The minimum absolute atomic E-state index is 0.00699. The fraction of sp³-hybridized carbons (Fsp3) is 0.235. The highest BCUT2D eigenvalue weighted by molar-refractivity contribution is 5.82. The summed E-state index contributed by atoms with van der Waals surface area (Å²) in [4.78, 5) is 4.64. The highest BCUT2D eigenvalue weighted by Crippen LogP contribution is 2.45. The van der Waals surface area contributed by atoms with Gasteiger partial charge in [0.2, 0.25) is 0 Å². The van der Waals surface area contributed by atoms with Crippen molar-refractivity contribution in [1.82, 2.24) is 9.55 Å². The molecular formula is C17H14N2O3. The molecule has 2 bridgehead atoms. The molecule has 3 aromatic rings. The molecule has 1 saturated heterocycles.